The van der Waals surface area contributed by atoms with Crippen molar-refractivity contribution in [2.45, 2.75) is 80.1 Å². The van der Waals surface area contributed by atoms with Gasteiger partial charge in [0.05, 0.1) is 10.1 Å². The molecule has 7 rings (SSSR count). The SMILES string of the molecule is CC(=O)OC1CCCC1C1(C2CCN(CC3CN(c4ccc(S(=O)(=O)C5CC5)cc4)C3)CC2)CN(C)Cc2ccccc21. The van der Waals surface area contributed by atoms with Crippen molar-refractivity contribution in [1.82, 2.24) is 9.80 Å². The van der Waals surface area contributed by atoms with Crippen LogP contribution in [0.1, 0.15) is 63.0 Å². The van der Waals surface area contributed by atoms with Crippen LogP contribution < -0.4 is 4.90 Å². The summed E-state index contributed by atoms with van der Waals surface area (Å²) in [6.45, 7) is 9.01. The normalized spacial score (nSPS) is 29.3. The Kier molecular flexibility index (Phi) is 7.83. The van der Waals surface area contributed by atoms with Crippen molar-refractivity contribution in [3.63, 3.8) is 0 Å². The zero-order valence-electron chi connectivity index (χ0n) is 25.8. The number of benzene rings is 2. The summed E-state index contributed by atoms with van der Waals surface area (Å²) in [5.74, 6) is 1.43. The second-order valence-corrected chi connectivity index (χ2v) is 16.4. The van der Waals surface area contributed by atoms with Crippen LogP contribution in [0.25, 0.3) is 0 Å². The van der Waals surface area contributed by atoms with E-state index in [1.807, 2.05) is 12.1 Å². The van der Waals surface area contributed by atoms with Crippen LogP contribution in [0.2, 0.25) is 0 Å². The van der Waals surface area contributed by atoms with Gasteiger partial charge in [-0.2, -0.15) is 0 Å². The summed E-state index contributed by atoms with van der Waals surface area (Å²) in [5, 5.41) is -0.159. The summed E-state index contributed by atoms with van der Waals surface area (Å²) in [4.78, 5) is 20.2. The number of anilines is 1. The number of hydrogen-bond donors (Lipinski definition) is 0. The maximum absolute atomic E-state index is 12.5. The number of ether oxygens (including phenoxy) is 1. The van der Waals surface area contributed by atoms with Crippen LogP contribution in [0.4, 0.5) is 5.69 Å². The number of sulfone groups is 1. The Hall–Kier alpha value is -2.42. The van der Waals surface area contributed by atoms with E-state index in [2.05, 4.69) is 46.0 Å². The first-order chi connectivity index (χ1) is 20.7. The summed E-state index contributed by atoms with van der Waals surface area (Å²) >= 11 is 0. The molecule has 2 aromatic carbocycles. The van der Waals surface area contributed by atoms with Crippen LogP contribution in [0.3, 0.4) is 0 Å². The highest BCUT2D eigenvalue weighted by atomic mass is 32.2. The molecule has 43 heavy (non-hydrogen) atoms. The molecule has 3 aliphatic heterocycles. The van der Waals surface area contributed by atoms with E-state index in [1.54, 1.807) is 19.1 Å². The molecule has 2 aliphatic carbocycles. The minimum absolute atomic E-state index is 0.0126. The first-order valence-electron chi connectivity index (χ1n) is 16.5. The van der Waals surface area contributed by atoms with Gasteiger partial charge in [-0.1, -0.05) is 24.3 Å². The van der Waals surface area contributed by atoms with Gasteiger partial charge < -0.3 is 19.4 Å². The predicted molar refractivity (Wildman–Crippen MR) is 169 cm³/mol. The fourth-order valence-corrected chi connectivity index (χ4v) is 10.8. The molecule has 0 bridgehead atoms. The van der Waals surface area contributed by atoms with Crippen LogP contribution >= 0.6 is 0 Å². The Morgan fingerprint density at radius 3 is 2.37 bits per heavy atom. The van der Waals surface area contributed by atoms with Gasteiger partial charge >= 0.3 is 5.97 Å². The molecule has 232 valence electrons. The maximum atomic E-state index is 12.5. The van der Waals surface area contributed by atoms with Crippen molar-refractivity contribution >= 4 is 21.5 Å². The molecular weight excluding hydrogens is 558 g/mol. The second kappa shape index (κ2) is 11.5. The van der Waals surface area contributed by atoms with Crippen molar-refractivity contribution in [1.29, 1.82) is 0 Å². The molecule has 2 saturated carbocycles. The van der Waals surface area contributed by atoms with Gasteiger partial charge in [0.2, 0.25) is 0 Å². The van der Waals surface area contributed by atoms with E-state index >= 15 is 0 Å². The molecule has 0 aromatic heterocycles. The Morgan fingerprint density at radius 1 is 0.953 bits per heavy atom. The highest BCUT2D eigenvalue weighted by Crippen LogP contribution is 2.54. The van der Waals surface area contributed by atoms with E-state index in [1.165, 1.54) is 24.0 Å². The minimum Gasteiger partial charge on any atom is -0.462 e. The average Bonchev–Trinajstić information content (AvgIpc) is 3.75. The lowest BCUT2D eigenvalue weighted by atomic mass is 9.56. The van der Waals surface area contributed by atoms with Crippen molar-refractivity contribution in [2.75, 3.05) is 51.2 Å². The average molecular weight is 606 g/mol. The molecule has 0 N–H and O–H groups in total. The van der Waals surface area contributed by atoms with Crippen LogP contribution in [0.15, 0.2) is 53.4 Å². The van der Waals surface area contributed by atoms with Crippen molar-refractivity contribution < 1.29 is 17.9 Å². The molecule has 3 heterocycles. The van der Waals surface area contributed by atoms with Crippen molar-refractivity contribution in [2.24, 2.45) is 17.8 Å². The fraction of sp³-hybridized carbons (Fsp3) is 0.629. The molecule has 7 nitrogen and oxygen atoms in total. The fourth-order valence-electron chi connectivity index (χ4n) is 9.14. The van der Waals surface area contributed by atoms with Gasteiger partial charge in [-0.25, -0.2) is 8.42 Å². The van der Waals surface area contributed by atoms with Gasteiger partial charge in [0, 0.05) is 62.6 Å². The Balaban J connectivity index is 1.01. The van der Waals surface area contributed by atoms with E-state index in [-0.39, 0.29) is 22.7 Å². The van der Waals surface area contributed by atoms with Gasteiger partial charge in [-0.15, -0.1) is 0 Å². The minimum atomic E-state index is -3.13. The lowest BCUT2D eigenvalue weighted by Gasteiger charge is -2.54. The number of piperidine rings is 1. The van der Waals surface area contributed by atoms with Crippen LogP contribution in [0, 0.1) is 17.8 Å². The van der Waals surface area contributed by atoms with Gasteiger partial charge in [0.1, 0.15) is 6.10 Å². The molecule has 0 radical (unpaired) electrons. The molecular formula is C35H47N3O4S. The molecule has 2 saturated heterocycles. The molecule has 3 atom stereocenters. The zero-order valence-corrected chi connectivity index (χ0v) is 26.6. The standard InChI is InChI=1S/C35H47N3O4S/c1-25(39)42-34-9-5-8-33(34)35(24-36(2)23-27-6-3-4-7-32(27)35)28-16-18-37(19-17-28)20-26-21-38(22-26)29-10-12-30(13-11-29)43(40,41)31-14-15-31/h3-4,6-7,10-13,26,28,31,33-34H,5,8-9,14-24H2,1-2H3. The van der Waals surface area contributed by atoms with E-state index in [9.17, 15) is 13.2 Å². The van der Waals surface area contributed by atoms with Crippen LogP contribution in [-0.4, -0.2) is 81.9 Å². The highest BCUT2D eigenvalue weighted by molar-refractivity contribution is 7.92. The molecule has 5 aliphatic rings. The smallest absolute Gasteiger partial charge is 0.302 e. The van der Waals surface area contributed by atoms with E-state index < -0.39 is 9.84 Å². The lowest BCUT2D eigenvalue weighted by Crippen LogP contribution is -2.58. The third-order valence-corrected chi connectivity index (χ3v) is 13.5. The number of likely N-dealkylation sites (tertiary alicyclic amines) is 1. The number of carbonyl (C=O) groups is 1. The molecule has 0 amide bonds. The van der Waals surface area contributed by atoms with E-state index in [4.69, 9.17) is 4.74 Å². The Morgan fingerprint density at radius 2 is 1.67 bits per heavy atom. The number of rotatable bonds is 8. The Labute approximate surface area is 257 Å². The second-order valence-electron chi connectivity index (χ2n) is 14.1. The van der Waals surface area contributed by atoms with E-state index in [0.29, 0.717) is 22.6 Å². The summed E-state index contributed by atoms with van der Waals surface area (Å²) in [5.41, 5.74) is 4.10. The summed E-state index contributed by atoms with van der Waals surface area (Å²) in [6, 6.07) is 16.7. The van der Waals surface area contributed by atoms with Crippen molar-refractivity contribution in [3.05, 3.63) is 59.7 Å². The number of carbonyl (C=O) groups excluding carboxylic acids is 1. The number of likely N-dealkylation sites (N-methyl/N-ethyl adjacent to an activating group) is 1. The summed E-state index contributed by atoms with van der Waals surface area (Å²) < 4.78 is 31.1. The maximum Gasteiger partial charge on any atom is 0.302 e. The largest absolute Gasteiger partial charge is 0.462 e. The van der Waals surface area contributed by atoms with Crippen LogP contribution in [0.5, 0.6) is 0 Å². The monoisotopic (exact) mass is 605 g/mol. The number of esters is 1. The number of hydrogen-bond acceptors (Lipinski definition) is 7. The Bertz CT molecular complexity index is 1430. The van der Waals surface area contributed by atoms with Crippen molar-refractivity contribution in [3.8, 4) is 0 Å². The predicted octanol–water partition coefficient (Wildman–Crippen LogP) is 4.89. The van der Waals surface area contributed by atoms with Gasteiger partial charge in [0.15, 0.2) is 9.84 Å². The zero-order chi connectivity index (χ0) is 29.8. The molecule has 3 unspecified atom stereocenters. The molecule has 2 aromatic rings. The highest BCUT2D eigenvalue weighted by Gasteiger charge is 2.55. The quantitative estimate of drug-likeness (QED) is 0.397. The third-order valence-electron chi connectivity index (χ3n) is 11.2. The van der Waals surface area contributed by atoms with Gasteiger partial charge in [-0.05, 0) is 106 Å². The molecule has 4 fully saturated rings. The molecule has 0 spiro atoms. The van der Waals surface area contributed by atoms with Gasteiger partial charge in [-0.3, -0.25) is 4.79 Å². The third kappa shape index (κ3) is 5.53. The lowest BCUT2D eigenvalue weighted by molar-refractivity contribution is -0.150. The first-order valence-corrected chi connectivity index (χ1v) is 18.0. The topological polar surface area (TPSA) is 70.2 Å². The van der Waals surface area contributed by atoms with Gasteiger partial charge in [0.25, 0.3) is 0 Å². The molecule has 8 heteroatoms. The first kappa shape index (κ1) is 29.3. The van der Waals surface area contributed by atoms with E-state index in [0.717, 1.165) is 83.6 Å². The number of nitrogens with zero attached hydrogens (tertiary/aromatic N) is 3. The van der Waals surface area contributed by atoms with Crippen LogP contribution in [-0.2, 0) is 31.3 Å². The summed E-state index contributed by atoms with van der Waals surface area (Å²) in [6.07, 6.45) is 7.22. The summed E-state index contributed by atoms with van der Waals surface area (Å²) in [7, 11) is -0.866. The number of fused-ring (bicyclic) bond motifs is 1.